The SMILES string of the molecule is CC(Nc1nccc(CNC(C)(C)C)c1F)C1CC1. The third-order valence-corrected chi connectivity index (χ3v) is 3.47. The maximum absolute atomic E-state index is 14.3. The summed E-state index contributed by atoms with van der Waals surface area (Å²) < 4.78 is 14.3. The van der Waals surface area contributed by atoms with E-state index < -0.39 is 0 Å². The molecule has 0 aliphatic heterocycles. The first-order valence-corrected chi connectivity index (χ1v) is 7.02. The van der Waals surface area contributed by atoms with Gasteiger partial charge in [-0.2, -0.15) is 0 Å². The van der Waals surface area contributed by atoms with Crippen molar-refractivity contribution in [1.82, 2.24) is 10.3 Å². The van der Waals surface area contributed by atoms with Gasteiger partial charge in [0.2, 0.25) is 0 Å². The van der Waals surface area contributed by atoms with Crippen LogP contribution in [0.2, 0.25) is 0 Å². The van der Waals surface area contributed by atoms with Gasteiger partial charge in [0.1, 0.15) is 0 Å². The van der Waals surface area contributed by atoms with Gasteiger partial charge >= 0.3 is 0 Å². The average Bonchev–Trinajstić information content (AvgIpc) is 3.13. The molecule has 2 N–H and O–H groups in total. The van der Waals surface area contributed by atoms with Crippen molar-refractivity contribution >= 4 is 5.82 Å². The van der Waals surface area contributed by atoms with Gasteiger partial charge < -0.3 is 10.6 Å². The van der Waals surface area contributed by atoms with Crippen molar-refractivity contribution in [2.24, 2.45) is 5.92 Å². The van der Waals surface area contributed by atoms with E-state index in [0.29, 0.717) is 29.9 Å². The van der Waals surface area contributed by atoms with Gasteiger partial charge in [0.25, 0.3) is 0 Å². The number of aromatic nitrogens is 1. The Morgan fingerprint density at radius 2 is 2.11 bits per heavy atom. The fourth-order valence-corrected chi connectivity index (χ4v) is 2.01. The lowest BCUT2D eigenvalue weighted by Gasteiger charge is -2.21. The minimum Gasteiger partial charge on any atom is -0.365 e. The lowest BCUT2D eigenvalue weighted by Crippen LogP contribution is -2.35. The predicted octanol–water partition coefficient (Wildman–Crippen LogP) is 3.32. The van der Waals surface area contributed by atoms with Gasteiger partial charge in [-0.25, -0.2) is 9.37 Å². The lowest BCUT2D eigenvalue weighted by atomic mass is 10.1. The summed E-state index contributed by atoms with van der Waals surface area (Å²) >= 11 is 0. The largest absolute Gasteiger partial charge is 0.365 e. The number of nitrogens with one attached hydrogen (secondary N) is 2. The van der Waals surface area contributed by atoms with E-state index in [1.807, 2.05) is 0 Å². The van der Waals surface area contributed by atoms with Crippen molar-refractivity contribution in [3.63, 3.8) is 0 Å². The summed E-state index contributed by atoms with van der Waals surface area (Å²) in [5.41, 5.74) is 0.639. The summed E-state index contributed by atoms with van der Waals surface area (Å²) in [5, 5.41) is 6.49. The highest BCUT2D eigenvalue weighted by Gasteiger charge is 2.28. The predicted molar refractivity (Wildman–Crippen MR) is 76.6 cm³/mol. The molecule has 1 aromatic rings. The Balaban J connectivity index is 2.04. The smallest absolute Gasteiger partial charge is 0.169 e. The first kappa shape index (κ1) is 14.3. The minimum absolute atomic E-state index is 0.0232. The summed E-state index contributed by atoms with van der Waals surface area (Å²) in [6, 6.07) is 2.04. The van der Waals surface area contributed by atoms with Gasteiger partial charge in [-0.05, 0) is 52.5 Å². The van der Waals surface area contributed by atoms with Crippen LogP contribution in [0.5, 0.6) is 0 Å². The molecular formula is C15H24FN3. The molecule has 0 amide bonds. The first-order chi connectivity index (χ1) is 8.87. The molecule has 0 aromatic carbocycles. The zero-order chi connectivity index (χ0) is 14.0. The summed E-state index contributed by atoms with van der Waals surface area (Å²) in [6.45, 7) is 8.82. The molecule has 1 fully saturated rings. The second kappa shape index (κ2) is 5.45. The molecule has 3 nitrogen and oxygen atoms in total. The molecule has 1 atom stereocenters. The Morgan fingerprint density at radius 3 is 2.68 bits per heavy atom. The van der Waals surface area contributed by atoms with Crippen LogP contribution in [0.15, 0.2) is 12.3 Å². The highest BCUT2D eigenvalue weighted by molar-refractivity contribution is 5.41. The maximum atomic E-state index is 14.3. The number of hydrogen-bond acceptors (Lipinski definition) is 3. The Hall–Kier alpha value is -1.16. The van der Waals surface area contributed by atoms with Crippen molar-refractivity contribution in [1.29, 1.82) is 0 Å². The molecule has 1 saturated carbocycles. The van der Waals surface area contributed by atoms with Crippen molar-refractivity contribution in [2.45, 2.75) is 58.7 Å². The molecule has 1 aromatic heterocycles. The van der Waals surface area contributed by atoms with E-state index in [4.69, 9.17) is 0 Å². The monoisotopic (exact) mass is 265 g/mol. The topological polar surface area (TPSA) is 37.0 Å². The van der Waals surface area contributed by atoms with Crippen LogP contribution in [0, 0.1) is 11.7 Å². The van der Waals surface area contributed by atoms with Crippen molar-refractivity contribution in [3.05, 3.63) is 23.6 Å². The Bertz CT molecular complexity index is 436. The normalized spacial score (nSPS) is 17.3. The quantitative estimate of drug-likeness (QED) is 0.857. The van der Waals surface area contributed by atoms with Crippen LogP contribution in [0.4, 0.5) is 10.2 Å². The second-order valence-corrected chi connectivity index (χ2v) is 6.51. The van der Waals surface area contributed by atoms with Crippen molar-refractivity contribution in [3.8, 4) is 0 Å². The summed E-state index contributed by atoms with van der Waals surface area (Å²) in [5.74, 6) is 0.830. The van der Waals surface area contributed by atoms with Gasteiger partial charge in [0, 0.05) is 29.9 Å². The number of halogens is 1. The summed E-state index contributed by atoms with van der Waals surface area (Å²) in [6.07, 6.45) is 4.15. The van der Waals surface area contributed by atoms with E-state index in [0.717, 1.165) is 0 Å². The molecule has 0 bridgehead atoms. The van der Waals surface area contributed by atoms with Crippen LogP contribution in [0.1, 0.15) is 46.1 Å². The molecule has 0 spiro atoms. The molecule has 2 rings (SSSR count). The highest BCUT2D eigenvalue weighted by atomic mass is 19.1. The van der Waals surface area contributed by atoms with Gasteiger partial charge in [-0.15, -0.1) is 0 Å². The van der Waals surface area contributed by atoms with Crippen LogP contribution >= 0.6 is 0 Å². The van der Waals surface area contributed by atoms with Gasteiger partial charge in [-0.1, -0.05) is 0 Å². The number of pyridine rings is 1. The molecule has 4 heteroatoms. The molecule has 0 radical (unpaired) electrons. The lowest BCUT2D eigenvalue weighted by molar-refractivity contribution is 0.418. The molecular weight excluding hydrogens is 241 g/mol. The van der Waals surface area contributed by atoms with Crippen LogP contribution in [0.3, 0.4) is 0 Å². The fourth-order valence-electron chi connectivity index (χ4n) is 2.01. The van der Waals surface area contributed by atoms with E-state index in [9.17, 15) is 4.39 Å². The number of rotatable bonds is 5. The minimum atomic E-state index is -0.230. The van der Waals surface area contributed by atoms with E-state index in [2.05, 4.69) is 43.3 Å². The highest BCUT2D eigenvalue weighted by Crippen LogP contribution is 2.34. The van der Waals surface area contributed by atoms with E-state index in [1.54, 1.807) is 12.3 Å². The van der Waals surface area contributed by atoms with Crippen molar-refractivity contribution < 1.29 is 4.39 Å². The number of hydrogen-bond donors (Lipinski definition) is 2. The van der Waals surface area contributed by atoms with E-state index in [-0.39, 0.29) is 11.4 Å². The Morgan fingerprint density at radius 1 is 1.42 bits per heavy atom. The van der Waals surface area contributed by atoms with Crippen molar-refractivity contribution in [2.75, 3.05) is 5.32 Å². The Kier molecular flexibility index (Phi) is 4.09. The number of nitrogens with zero attached hydrogens (tertiary/aromatic N) is 1. The molecule has 1 aliphatic carbocycles. The van der Waals surface area contributed by atoms with Crippen LogP contribution in [-0.2, 0) is 6.54 Å². The fraction of sp³-hybridized carbons (Fsp3) is 0.667. The zero-order valence-electron chi connectivity index (χ0n) is 12.3. The molecule has 19 heavy (non-hydrogen) atoms. The number of anilines is 1. The zero-order valence-corrected chi connectivity index (χ0v) is 12.3. The summed E-state index contributed by atoms with van der Waals surface area (Å²) in [7, 11) is 0. The van der Waals surface area contributed by atoms with Gasteiger partial charge in [0.15, 0.2) is 11.6 Å². The van der Waals surface area contributed by atoms with Crippen LogP contribution in [0.25, 0.3) is 0 Å². The molecule has 0 saturated heterocycles. The first-order valence-electron chi connectivity index (χ1n) is 7.02. The third-order valence-electron chi connectivity index (χ3n) is 3.47. The third kappa shape index (κ3) is 4.16. The average molecular weight is 265 g/mol. The van der Waals surface area contributed by atoms with Crippen LogP contribution in [-0.4, -0.2) is 16.6 Å². The second-order valence-electron chi connectivity index (χ2n) is 6.51. The summed E-state index contributed by atoms with van der Waals surface area (Å²) in [4.78, 5) is 4.12. The molecule has 1 aliphatic rings. The maximum Gasteiger partial charge on any atom is 0.169 e. The van der Waals surface area contributed by atoms with Gasteiger partial charge in [0.05, 0.1) is 0 Å². The van der Waals surface area contributed by atoms with E-state index in [1.165, 1.54) is 12.8 Å². The van der Waals surface area contributed by atoms with Gasteiger partial charge in [-0.3, -0.25) is 0 Å². The van der Waals surface area contributed by atoms with E-state index >= 15 is 0 Å². The van der Waals surface area contributed by atoms with Crippen LogP contribution < -0.4 is 10.6 Å². The standard InChI is InChI=1S/C15H24FN3/c1-10(11-5-6-11)19-14-13(16)12(7-8-17-14)9-18-15(2,3)4/h7-8,10-11,18H,5-6,9H2,1-4H3,(H,17,19). The Labute approximate surface area is 115 Å². The molecule has 1 unspecified atom stereocenters. The molecule has 106 valence electrons. The molecule has 1 heterocycles.